The van der Waals surface area contributed by atoms with E-state index in [2.05, 4.69) is 15.3 Å². The molecule has 0 saturated carbocycles. The van der Waals surface area contributed by atoms with Gasteiger partial charge < -0.3 is 19.7 Å². The number of anilines is 1. The Morgan fingerprint density at radius 1 is 0.976 bits per heavy atom. The van der Waals surface area contributed by atoms with Crippen molar-refractivity contribution in [2.24, 2.45) is 0 Å². The predicted molar refractivity (Wildman–Crippen MR) is 155 cm³/mol. The number of nitrogens with zero attached hydrogens (tertiary/aromatic N) is 3. The minimum Gasteiger partial charge on any atom is -0.454 e. The van der Waals surface area contributed by atoms with Crippen LogP contribution in [0.1, 0.15) is 28.6 Å². The minimum atomic E-state index is -1.05. The minimum absolute atomic E-state index is 0.0223. The third-order valence-corrected chi connectivity index (χ3v) is 7.34. The summed E-state index contributed by atoms with van der Waals surface area (Å²) < 4.78 is 24.5. The van der Waals surface area contributed by atoms with Gasteiger partial charge in [0, 0.05) is 34.7 Å². The molecular formula is C30H26ClFN4O4S. The maximum atomic E-state index is 14.0. The first-order valence-corrected chi connectivity index (χ1v) is 14.1. The molecule has 1 atom stereocenters. The largest absolute Gasteiger partial charge is 0.454 e. The number of hydrogen-bond donors (Lipinski definition) is 1. The summed E-state index contributed by atoms with van der Waals surface area (Å²) in [5.41, 5.74) is 3.26. The Kier molecular flexibility index (Phi) is 8.70. The molecule has 1 aliphatic rings. The van der Waals surface area contributed by atoms with Crippen LogP contribution in [0, 0.1) is 19.7 Å². The van der Waals surface area contributed by atoms with Gasteiger partial charge in [-0.1, -0.05) is 47.6 Å². The Morgan fingerprint density at radius 2 is 1.66 bits per heavy atom. The second kappa shape index (κ2) is 12.6. The van der Waals surface area contributed by atoms with Crippen molar-refractivity contribution in [3.05, 3.63) is 106 Å². The van der Waals surface area contributed by atoms with Gasteiger partial charge in [0.15, 0.2) is 16.7 Å². The summed E-state index contributed by atoms with van der Waals surface area (Å²) in [7, 11) is 0. The molecule has 2 heterocycles. The summed E-state index contributed by atoms with van der Waals surface area (Å²) in [6, 6.07) is 18.4. The summed E-state index contributed by atoms with van der Waals surface area (Å²) in [6.07, 6.45) is 0. The Morgan fingerprint density at radius 3 is 2.37 bits per heavy atom. The summed E-state index contributed by atoms with van der Waals surface area (Å²) in [4.78, 5) is 38.1. The lowest BCUT2D eigenvalue weighted by atomic mass is 10.0. The molecule has 0 spiro atoms. The van der Waals surface area contributed by atoms with E-state index in [1.807, 2.05) is 19.9 Å². The highest BCUT2D eigenvalue weighted by molar-refractivity contribution is 7.99. The molecule has 0 radical (unpaired) electrons. The number of halogens is 2. The van der Waals surface area contributed by atoms with Gasteiger partial charge in [-0.25, -0.2) is 14.4 Å². The number of rotatable bonds is 9. The first-order valence-electron chi connectivity index (χ1n) is 12.7. The van der Waals surface area contributed by atoms with Crippen molar-refractivity contribution in [3.8, 4) is 11.5 Å². The fourth-order valence-corrected chi connectivity index (χ4v) is 5.34. The molecule has 1 aliphatic heterocycles. The number of carbonyl (C=O) groups excluding carboxylic acids is 2. The summed E-state index contributed by atoms with van der Waals surface area (Å²) in [6.45, 7) is 3.87. The number of aromatic nitrogens is 2. The number of thioether (sulfide) groups is 1. The van der Waals surface area contributed by atoms with Crippen molar-refractivity contribution in [1.29, 1.82) is 0 Å². The van der Waals surface area contributed by atoms with Gasteiger partial charge in [0.1, 0.15) is 11.9 Å². The second-order valence-corrected chi connectivity index (χ2v) is 10.8. The summed E-state index contributed by atoms with van der Waals surface area (Å²) in [5, 5.41) is 3.86. The molecule has 8 nitrogen and oxygen atoms in total. The van der Waals surface area contributed by atoms with Gasteiger partial charge in [0.25, 0.3) is 5.91 Å². The monoisotopic (exact) mass is 592 g/mol. The molecule has 5 rings (SSSR count). The van der Waals surface area contributed by atoms with E-state index in [4.69, 9.17) is 21.1 Å². The van der Waals surface area contributed by atoms with Crippen molar-refractivity contribution in [1.82, 2.24) is 14.9 Å². The molecule has 0 bridgehead atoms. The van der Waals surface area contributed by atoms with Crippen molar-refractivity contribution >= 4 is 40.9 Å². The Balaban J connectivity index is 1.48. The molecule has 0 fully saturated rings. The van der Waals surface area contributed by atoms with E-state index in [-0.39, 0.29) is 25.0 Å². The van der Waals surface area contributed by atoms with Crippen LogP contribution < -0.4 is 14.8 Å². The average molecular weight is 593 g/mol. The van der Waals surface area contributed by atoms with E-state index in [0.29, 0.717) is 38.5 Å². The van der Waals surface area contributed by atoms with Crippen LogP contribution in [0.5, 0.6) is 11.5 Å². The van der Waals surface area contributed by atoms with Gasteiger partial charge in [-0.05, 0) is 67.4 Å². The zero-order valence-corrected chi connectivity index (χ0v) is 23.8. The van der Waals surface area contributed by atoms with E-state index < -0.39 is 17.8 Å². The number of amides is 2. The second-order valence-electron chi connectivity index (χ2n) is 9.38. The standard InChI is InChI=1S/C30H26ClFN4O4S/c1-18-13-19(2)34-30(33-18)41-16-27(37)36(15-20-3-9-23(32)10-4-20)28(21-5-7-22(31)8-6-21)29(38)35-24-11-12-25-26(14-24)40-17-39-25/h3-14,28H,15-17H2,1-2H3,(H,35,38)/t28-/m0/s1. The van der Waals surface area contributed by atoms with Crippen LogP contribution in [0.25, 0.3) is 0 Å². The maximum Gasteiger partial charge on any atom is 0.251 e. The lowest BCUT2D eigenvalue weighted by Gasteiger charge is -2.31. The van der Waals surface area contributed by atoms with Gasteiger partial charge in [0.05, 0.1) is 5.75 Å². The van der Waals surface area contributed by atoms with E-state index in [1.54, 1.807) is 54.6 Å². The number of nitrogens with one attached hydrogen (secondary N) is 1. The van der Waals surface area contributed by atoms with Crippen molar-refractivity contribution in [3.63, 3.8) is 0 Å². The number of fused-ring (bicyclic) bond motifs is 1. The van der Waals surface area contributed by atoms with Gasteiger partial charge in [-0.15, -0.1) is 0 Å². The van der Waals surface area contributed by atoms with Crippen LogP contribution in [0.3, 0.4) is 0 Å². The first-order chi connectivity index (χ1) is 19.7. The van der Waals surface area contributed by atoms with Crippen LogP contribution in [-0.4, -0.2) is 39.2 Å². The van der Waals surface area contributed by atoms with Gasteiger partial charge in [-0.2, -0.15) is 0 Å². The maximum absolute atomic E-state index is 14.0. The Bertz CT molecular complexity index is 1550. The fourth-order valence-electron chi connectivity index (χ4n) is 4.38. The smallest absolute Gasteiger partial charge is 0.251 e. The quantitative estimate of drug-likeness (QED) is 0.185. The van der Waals surface area contributed by atoms with Crippen LogP contribution in [0.15, 0.2) is 78.0 Å². The van der Waals surface area contributed by atoms with Crippen LogP contribution in [-0.2, 0) is 16.1 Å². The molecule has 1 aromatic heterocycles. The number of carbonyl (C=O) groups is 2. The number of hydrogen-bond acceptors (Lipinski definition) is 7. The molecule has 11 heteroatoms. The van der Waals surface area contributed by atoms with E-state index in [0.717, 1.165) is 11.4 Å². The van der Waals surface area contributed by atoms with Gasteiger partial charge in [-0.3, -0.25) is 9.59 Å². The third kappa shape index (κ3) is 7.14. The molecule has 0 saturated heterocycles. The predicted octanol–water partition coefficient (Wildman–Crippen LogP) is 6.12. The molecule has 41 heavy (non-hydrogen) atoms. The molecule has 3 aromatic carbocycles. The van der Waals surface area contributed by atoms with Crippen LogP contribution in [0.2, 0.25) is 5.02 Å². The van der Waals surface area contributed by atoms with E-state index in [9.17, 15) is 14.0 Å². The van der Waals surface area contributed by atoms with Gasteiger partial charge >= 0.3 is 0 Å². The third-order valence-electron chi connectivity index (χ3n) is 6.26. The van der Waals surface area contributed by atoms with Crippen molar-refractivity contribution in [2.45, 2.75) is 31.6 Å². The molecule has 4 aromatic rings. The molecule has 210 valence electrons. The summed E-state index contributed by atoms with van der Waals surface area (Å²) >= 11 is 7.34. The van der Waals surface area contributed by atoms with Crippen LogP contribution in [0.4, 0.5) is 10.1 Å². The SMILES string of the molecule is Cc1cc(C)nc(SCC(=O)N(Cc2ccc(F)cc2)[C@H](C(=O)Nc2ccc3c(c2)OCO3)c2ccc(Cl)cc2)n1. The highest BCUT2D eigenvalue weighted by atomic mass is 35.5. The molecule has 0 aliphatic carbocycles. The molecule has 1 N–H and O–H groups in total. The average Bonchev–Trinajstić information content (AvgIpc) is 3.41. The molecular weight excluding hydrogens is 567 g/mol. The molecule has 2 amide bonds. The highest BCUT2D eigenvalue weighted by Crippen LogP contribution is 2.35. The fraction of sp³-hybridized carbons (Fsp3) is 0.200. The lowest BCUT2D eigenvalue weighted by Crippen LogP contribution is -2.41. The zero-order chi connectivity index (χ0) is 28.9. The van der Waals surface area contributed by atoms with Crippen molar-refractivity contribution < 1.29 is 23.5 Å². The highest BCUT2D eigenvalue weighted by Gasteiger charge is 2.32. The number of aryl methyl sites for hydroxylation is 2. The summed E-state index contributed by atoms with van der Waals surface area (Å²) in [5.74, 6) is -0.113. The van der Waals surface area contributed by atoms with Gasteiger partial charge in [0.2, 0.25) is 12.7 Å². The van der Waals surface area contributed by atoms with Crippen molar-refractivity contribution in [2.75, 3.05) is 17.9 Å². The van der Waals surface area contributed by atoms with E-state index >= 15 is 0 Å². The number of ether oxygens (including phenoxy) is 2. The molecule has 0 unspecified atom stereocenters. The van der Waals surface area contributed by atoms with E-state index in [1.165, 1.54) is 28.8 Å². The topological polar surface area (TPSA) is 93.7 Å². The lowest BCUT2D eigenvalue weighted by molar-refractivity contribution is -0.137. The Hall–Kier alpha value is -4.15. The first kappa shape index (κ1) is 28.4. The normalized spacial score (nSPS) is 12.6. The van der Waals surface area contributed by atoms with Crippen LogP contribution >= 0.6 is 23.4 Å². The number of benzene rings is 3. The Labute approximate surface area is 245 Å². The zero-order valence-electron chi connectivity index (χ0n) is 22.3.